The van der Waals surface area contributed by atoms with Crippen LogP contribution in [0.25, 0.3) is 0 Å². The number of nitrogens with one attached hydrogen (secondary N) is 1. The second kappa shape index (κ2) is 3.67. The van der Waals surface area contributed by atoms with Crippen molar-refractivity contribution in [2.24, 2.45) is 5.92 Å². The van der Waals surface area contributed by atoms with E-state index >= 15 is 0 Å². The van der Waals surface area contributed by atoms with Crippen molar-refractivity contribution >= 4 is 0 Å². The summed E-state index contributed by atoms with van der Waals surface area (Å²) in [5.74, 6) is 0.613. The smallest absolute Gasteiger partial charge is 0.0161 e. The highest BCUT2D eigenvalue weighted by molar-refractivity contribution is 4.98. The van der Waals surface area contributed by atoms with Crippen LogP contribution in [-0.4, -0.2) is 13.6 Å². The SMILES string of the molecule is C=C(CNC)C(C)C. The molecule has 0 fully saturated rings. The Kier molecular flexibility index (Phi) is 3.53. The fourth-order valence-corrected chi connectivity index (χ4v) is 0.431. The molecular formula is C7H15N. The Morgan fingerprint density at radius 1 is 1.62 bits per heavy atom. The second-order valence-corrected chi connectivity index (χ2v) is 2.34. The Balaban J connectivity index is 3.33. The van der Waals surface area contributed by atoms with E-state index in [1.807, 2.05) is 7.05 Å². The van der Waals surface area contributed by atoms with Crippen LogP contribution in [0.4, 0.5) is 0 Å². The van der Waals surface area contributed by atoms with E-state index in [1.165, 1.54) is 5.57 Å². The zero-order chi connectivity index (χ0) is 6.57. The van der Waals surface area contributed by atoms with Gasteiger partial charge in [0, 0.05) is 6.54 Å². The molecule has 0 aliphatic heterocycles. The van der Waals surface area contributed by atoms with Crippen LogP contribution in [0.3, 0.4) is 0 Å². The summed E-state index contributed by atoms with van der Waals surface area (Å²) in [6.45, 7) is 9.13. The van der Waals surface area contributed by atoms with E-state index in [-0.39, 0.29) is 0 Å². The molecule has 0 bridgehead atoms. The molecule has 0 spiro atoms. The maximum Gasteiger partial charge on any atom is 0.0161 e. The summed E-state index contributed by atoms with van der Waals surface area (Å²) in [5, 5.41) is 3.05. The molecule has 0 heterocycles. The van der Waals surface area contributed by atoms with Gasteiger partial charge in [-0.25, -0.2) is 0 Å². The minimum Gasteiger partial charge on any atom is -0.316 e. The molecule has 1 heteroatoms. The molecule has 1 N–H and O–H groups in total. The molecule has 0 unspecified atom stereocenters. The summed E-state index contributed by atoms with van der Waals surface area (Å²) in [7, 11) is 1.94. The lowest BCUT2D eigenvalue weighted by molar-refractivity contribution is 0.710. The van der Waals surface area contributed by atoms with Gasteiger partial charge in [-0.15, -0.1) is 0 Å². The maximum absolute atomic E-state index is 3.88. The molecule has 0 aromatic heterocycles. The molecule has 8 heavy (non-hydrogen) atoms. The van der Waals surface area contributed by atoms with Gasteiger partial charge in [-0.3, -0.25) is 0 Å². The zero-order valence-electron chi connectivity index (χ0n) is 5.99. The van der Waals surface area contributed by atoms with Gasteiger partial charge >= 0.3 is 0 Å². The Hall–Kier alpha value is -0.300. The van der Waals surface area contributed by atoms with Crippen molar-refractivity contribution in [3.8, 4) is 0 Å². The van der Waals surface area contributed by atoms with Gasteiger partial charge in [0.2, 0.25) is 0 Å². The molecule has 0 aliphatic rings. The fourth-order valence-electron chi connectivity index (χ4n) is 0.431. The zero-order valence-corrected chi connectivity index (χ0v) is 5.99. The highest BCUT2D eigenvalue weighted by atomic mass is 14.8. The minimum absolute atomic E-state index is 0.613. The third kappa shape index (κ3) is 2.80. The van der Waals surface area contributed by atoms with E-state index in [9.17, 15) is 0 Å². The van der Waals surface area contributed by atoms with E-state index in [4.69, 9.17) is 0 Å². The van der Waals surface area contributed by atoms with E-state index in [0.717, 1.165) is 6.54 Å². The molecule has 0 radical (unpaired) electrons. The van der Waals surface area contributed by atoms with E-state index in [1.54, 1.807) is 0 Å². The summed E-state index contributed by atoms with van der Waals surface area (Å²) >= 11 is 0. The number of hydrogen-bond donors (Lipinski definition) is 1. The van der Waals surface area contributed by atoms with Crippen molar-refractivity contribution in [3.63, 3.8) is 0 Å². The van der Waals surface area contributed by atoms with Crippen LogP contribution in [0.15, 0.2) is 12.2 Å². The van der Waals surface area contributed by atoms with Crippen LogP contribution in [0.2, 0.25) is 0 Å². The predicted molar refractivity (Wildman–Crippen MR) is 37.9 cm³/mol. The molecule has 1 nitrogen and oxygen atoms in total. The van der Waals surface area contributed by atoms with Gasteiger partial charge in [0.05, 0.1) is 0 Å². The molecule has 0 atom stereocenters. The van der Waals surface area contributed by atoms with E-state index in [0.29, 0.717) is 5.92 Å². The van der Waals surface area contributed by atoms with Gasteiger partial charge < -0.3 is 5.32 Å². The maximum atomic E-state index is 3.88. The standard InChI is InChI=1S/C7H15N/c1-6(2)7(3)5-8-4/h6,8H,3,5H2,1-2,4H3. The quantitative estimate of drug-likeness (QED) is 0.546. The Morgan fingerprint density at radius 2 is 2.12 bits per heavy atom. The summed E-state index contributed by atoms with van der Waals surface area (Å²) < 4.78 is 0. The fraction of sp³-hybridized carbons (Fsp3) is 0.714. The first-order valence-corrected chi connectivity index (χ1v) is 3.00. The Morgan fingerprint density at radius 3 is 2.25 bits per heavy atom. The van der Waals surface area contributed by atoms with E-state index < -0.39 is 0 Å². The van der Waals surface area contributed by atoms with Crippen molar-refractivity contribution in [1.82, 2.24) is 5.32 Å². The van der Waals surface area contributed by atoms with Gasteiger partial charge in [-0.05, 0) is 13.0 Å². The lowest BCUT2D eigenvalue weighted by atomic mass is 10.1. The number of likely N-dealkylation sites (N-methyl/N-ethyl adjacent to an activating group) is 1. The first kappa shape index (κ1) is 7.70. The molecular weight excluding hydrogens is 98.1 g/mol. The molecule has 0 aliphatic carbocycles. The summed E-state index contributed by atoms with van der Waals surface area (Å²) in [4.78, 5) is 0. The van der Waals surface area contributed by atoms with Crippen LogP contribution in [0.1, 0.15) is 13.8 Å². The molecule has 0 amide bonds. The summed E-state index contributed by atoms with van der Waals surface area (Å²) in [6, 6.07) is 0. The van der Waals surface area contributed by atoms with Gasteiger partial charge in [0.1, 0.15) is 0 Å². The summed E-state index contributed by atoms with van der Waals surface area (Å²) in [6.07, 6.45) is 0. The predicted octanol–water partition coefficient (Wildman–Crippen LogP) is 1.42. The highest BCUT2D eigenvalue weighted by Crippen LogP contribution is 2.03. The van der Waals surface area contributed by atoms with E-state index in [2.05, 4.69) is 25.7 Å². The van der Waals surface area contributed by atoms with Crippen molar-refractivity contribution in [3.05, 3.63) is 12.2 Å². The number of rotatable bonds is 3. The van der Waals surface area contributed by atoms with Crippen LogP contribution in [0.5, 0.6) is 0 Å². The highest BCUT2D eigenvalue weighted by Gasteiger charge is 1.95. The average Bonchev–Trinajstić information content (AvgIpc) is 1.67. The Bertz CT molecular complexity index is 74.5. The molecule has 0 rings (SSSR count). The van der Waals surface area contributed by atoms with Gasteiger partial charge in [-0.1, -0.05) is 26.0 Å². The van der Waals surface area contributed by atoms with Crippen LogP contribution >= 0.6 is 0 Å². The second-order valence-electron chi connectivity index (χ2n) is 2.34. The third-order valence-corrected chi connectivity index (χ3v) is 1.22. The normalized spacial score (nSPS) is 10.0. The van der Waals surface area contributed by atoms with Crippen molar-refractivity contribution in [1.29, 1.82) is 0 Å². The van der Waals surface area contributed by atoms with Crippen molar-refractivity contribution < 1.29 is 0 Å². The Labute approximate surface area is 51.8 Å². The lowest BCUT2D eigenvalue weighted by Gasteiger charge is -2.06. The van der Waals surface area contributed by atoms with Gasteiger partial charge in [-0.2, -0.15) is 0 Å². The van der Waals surface area contributed by atoms with Crippen LogP contribution in [-0.2, 0) is 0 Å². The number of hydrogen-bond acceptors (Lipinski definition) is 1. The monoisotopic (exact) mass is 113 g/mol. The molecule has 0 aromatic rings. The first-order valence-electron chi connectivity index (χ1n) is 3.00. The average molecular weight is 113 g/mol. The molecule has 48 valence electrons. The largest absolute Gasteiger partial charge is 0.316 e. The van der Waals surface area contributed by atoms with Crippen LogP contribution in [0, 0.1) is 5.92 Å². The third-order valence-electron chi connectivity index (χ3n) is 1.22. The molecule has 0 saturated carbocycles. The molecule has 0 aromatic carbocycles. The lowest BCUT2D eigenvalue weighted by Crippen LogP contribution is -2.12. The molecule has 0 saturated heterocycles. The van der Waals surface area contributed by atoms with Gasteiger partial charge in [0.15, 0.2) is 0 Å². The van der Waals surface area contributed by atoms with Crippen LogP contribution < -0.4 is 5.32 Å². The van der Waals surface area contributed by atoms with Crippen molar-refractivity contribution in [2.75, 3.05) is 13.6 Å². The minimum atomic E-state index is 0.613. The van der Waals surface area contributed by atoms with Crippen molar-refractivity contribution in [2.45, 2.75) is 13.8 Å². The topological polar surface area (TPSA) is 12.0 Å². The summed E-state index contributed by atoms with van der Waals surface area (Å²) in [5.41, 5.74) is 1.27. The first-order chi connectivity index (χ1) is 3.68. The van der Waals surface area contributed by atoms with Gasteiger partial charge in [0.25, 0.3) is 0 Å².